The highest BCUT2D eigenvalue weighted by Crippen LogP contribution is 2.41. The predicted molar refractivity (Wildman–Crippen MR) is 95.6 cm³/mol. The third kappa shape index (κ3) is 3.18. The van der Waals surface area contributed by atoms with Crippen LogP contribution in [-0.2, 0) is 21.5 Å². The molecule has 0 unspecified atom stereocenters. The molecular weight excluding hydrogens is 356 g/mol. The number of hydrogen-bond acceptors (Lipinski definition) is 5. The summed E-state index contributed by atoms with van der Waals surface area (Å²) in [6.07, 6.45) is 2.90. The first-order valence-electron chi connectivity index (χ1n) is 8.68. The first-order chi connectivity index (χ1) is 12.4. The van der Waals surface area contributed by atoms with Crippen molar-refractivity contribution in [3.63, 3.8) is 0 Å². The average molecular weight is 378 g/mol. The maximum atomic E-state index is 13.0. The van der Waals surface area contributed by atoms with Gasteiger partial charge in [-0.25, -0.2) is 9.59 Å². The number of fused-ring (bicyclic) bond motifs is 2. The normalized spacial score (nSPS) is 22.8. The van der Waals surface area contributed by atoms with Gasteiger partial charge in [0.25, 0.3) is 5.91 Å². The van der Waals surface area contributed by atoms with Gasteiger partial charge in [-0.2, -0.15) is 0 Å². The van der Waals surface area contributed by atoms with E-state index in [1.165, 1.54) is 0 Å². The van der Waals surface area contributed by atoms with Crippen molar-refractivity contribution in [1.29, 1.82) is 0 Å². The third-order valence-electron chi connectivity index (χ3n) is 4.88. The van der Waals surface area contributed by atoms with Crippen LogP contribution in [0.15, 0.2) is 11.4 Å². The van der Waals surface area contributed by atoms with Gasteiger partial charge in [0.05, 0.1) is 0 Å². The molecule has 0 aromatic carbocycles. The number of nitrogens with one attached hydrogen (secondary N) is 3. The summed E-state index contributed by atoms with van der Waals surface area (Å²) in [6.45, 7) is 3.23. The lowest BCUT2D eigenvalue weighted by atomic mass is 9.80. The molecule has 1 aromatic heterocycles. The molecule has 9 heteroatoms. The Morgan fingerprint density at radius 1 is 1.42 bits per heavy atom. The number of nitrogens with zero attached hydrogens (tertiary/aromatic N) is 1. The van der Waals surface area contributed by atoms with Gasteiger partial charge in [0, 0.05) is 16.5 Å². The summed E-state index contributed by atoms with van der Waals surface area (Å²) in [5.74, 6) is -1.13. The van der Waals surface area contributed by atoms with Crippen molar-refractivity contribution >= 4 is 35.2 Å². The van der Waals surface area contributed by atoms with E-state index in [1.54, 1.807) is 11.3 Å². The van der Waals surface area contributed by atoms with Crippen LogP contribution in [-0.4, -0.2) is 41.4 Å². The summed E-state index contributed by atoms with van der Waals surface area (Å²) >= 11 is 1.57. The Labute approximate surface area is 155 Å². The highest BCUT2D eigenvalue weighted by atomic mass is 32.1. The highest BCUT2D eigenvalue weighted by molar-refractivity contribution is 7.10. The molecule has 2 aliphatic rings. The zero-order valence-electron chi connectivity index (χ0n) is 14.8. The van der Waals surface area contributed by atoms with Crippen LogP contribution < -0.4 is 16.0 Å². The number of rotatable bonds is 4. The smallest absolute Gasteiger partial charge is 0.325 e. The Morgan fingerprint density at radius 3 is 2.92 bits per heavy atom. The first kappa shape index (κ1) is 18.4. The van der Waals surface area contributed by atoms with Gasteiger partial charge >= 0.3 is 12.1 Å². The van der Waals surface area contributed by atoms with Crippen molar-refractivity contribution < 1.29 is 19.2 Å². The highest BCUT2D eigenvalue weighted by Gasteiger charge is 2.54. The summed E-state index contributed by atoms with van der Waals surface area (Å²) in [6, 6.07) is 0.540. The van der Waals surface area contributed by atoms with Crippen LogP contribution in [0.5, 0.6) is 0 Å². The quantitative estimate of drug-likeness (QED) is 0.689. The molecule has 2 heterocycles. The van der Waals surface area contributed by atoms with Gasteiger partial charge < -0.3 is 10.6 Å². The second-order valence-corrected chi connectivity index (χ2v) is 7.67. The largest absolute Gasteiger partial charge is 0.335 e. The number of hydrogen-bond donors (Lipinski definition) is 3. The van der Waals surface area contributed by atoms with Gasteiger partial charge in [0.2, 0.25) is 5.91 Å². The molecule has 0 bridgehead atoms. The van der Waals surface area contributed by atoms with Crippen molar-refractivity contribution in [2.24, 2.45) is 0 Å². The van der Waals surface area contributed by atoms with E-state index in [4.69, 9.17) is 0 Å². The number of thiophene rings is 1. The van der Waals surface area contributed by atoms with Crippen molar-refractivity contribution in [3.8, 4) is 0 Å². The molecule has 1 saturated heterocycles. The molecule has 1 fully saturated rings. The molecule has 140 valence electrons. The van der Waals surface area contributed by atoms with E-state index >= 15 is 0 Å². The van der Waals surface area contributed by atoms with Crippen LogP contribution in [0, 0.1) is 0 Å². The summed E-state index contributed by atoms with van der Waals surface area (Å²) in [5, 5.41) is 9.44. The molecule has 1 aliphatic carbocycles. The van der Waals surface area contributed by atoms with Gasteiger partial charge in [0.1, 0.15) is 12.1 Å². The Kier molecular flexibility index (Phi) is 4.99. The Hall–Kier alpha value is -2.42. The van der Waals surface area contributed by atoms with Gasteiger partial charge in [0.15, 0.2) is 0 Å². The number of urea groups is 2. The van der Waals surface area contributed by atoms with Crippen molar-refractivity contribution in [3.05, 3.63) is 21.9 Å². The second-order valence-electron chi connectivity index (χ2n) is 6.67. The standard InChI is InChI=1S/C17H22N4O4S/c1-3-10(2)18-15(24)19-13(22)9-21-14(23)17(20-16(21)25)7-4-5-12-11(17)6-8-26-12/h6,8,10H,3-5,7,9H2,1-2H3,(H,20,25)(H2,18,19,22,24)/t10-,17-/m0/s1. The lowest BCUT2D eigenvalue weighted by Gasteiger charge is -2.31. The van der Waals surface area contributed by atoms with Gasteiger partial charge in [-0.1, -0.05) is 6.92 Å². The van der Waals surface area contributed by atoms with E-state index in [2.05, 4.69) is 16.0 Å². The topological polar surface area (TPSA) is 108 Å². The Bertz CT molecular complexity index is 762. The predicted octanol–water partition coefficient (Wildman–Crippen LogP) is 1.46. The molecule has 8 nitrogen and oxygen atoms in total. The minimum absolute atomic E-state index is 0.0814. The maximum absolute atomic E-state index is 13.0. The molecule has 0 radical (unpaired) electrons. The lowest BCUT2D eigenvalue weighted by molar-refractivity contribution is -0.135. The van der Waals surface area contributed by atoms with Crippen molar-refractivity contribution in [1.82, 2.24) is 20.9 Å². The van der Waals surface area contributed by atoms with Crippen LogP contribution >= 0.6 is 11.3 Å². The molecule has 3 rings (SSSR count). The average Bonchev–Trinajstić information content (AvgIpc) is 3.15. The minimum atomic E-state index is -1.08. The molecule has 1 aromatic rings. The van der Waals surface area contributed by atoms with Crippen LogP contribution in [0.2, 0.25) is 0 Å². The molecule has 26 heavy (non-hydrogen) atoms. The Balaban J connectivity index is 1.69. The number of aryl methyl sites for hydroxylation is 1. The van der Waals surface area contributed by atoms with Gasteiger partial charge in [-0.3, -0.25) is 19.8 Å². The maximum Gasteiger partial charge on any atom is 0.325 e. The molecule has 6 amide bonds. The van der Waals surface area contributed by atoms with E-state index in [0.717, 1.165) is 34.6 Å². The summed E-state index contributed by atoms with van der Waals surface area (Å²) in [5.41, 5.74) is -0.256. The fraction of sp³-hybridized carbons (Fsp3) is 0.529. The van der Waals surface area contributed by atoms with Crippen LogP contribution in [0.1, 0.15) is 43.6 Å². The summed E-state index contributed by atoms with van der Waals surface area (Å²) in [4.78, 5) is 51.1. The number of carbonyl (C=O) groups is 4. The fourth-order valence-corrected chi connectivity index (χ4v) is 4.36. The van der Waals surface area contributed by atoms with E-state index in [0.29, 0.717) is 6.42 Å². The van der Waals surface area contributed by atoms with E-state index in [1.807, 2.05) is 25.3 Å². The van der Waals surface area contributed by atoms with Gasteiger partial charge in [-0.05, 0) is 44.1 Å². The molecular formula is C17H22N4O4S. The summed E-state index contributed by atoms with van der Waals surface area (Å²) in [7, 11) is 0. The molecule has 1 aliphatic heterocycles. The van der Waals surface area contributed by atoms with E-state index in [-0.39, 0.29) is 6.04 Å². The van der Waals surface area contributed by atoms with Crippen molar-refractivity contribution in [2.45, 2.75) is 51.1 Å². The third-order valence-corrected chi connectivity index (χ3v) is 5.86. The summed E-state index contributed by atoms with van der Waals surface area (Å²) < 4.78 is 0. The zero-order chi connectivity index (χ0) is 18.9. The molecule has 3 N–H and O–H groups in total. The molecule has 0 saturated carbocycles. The SMILES string of the molecule is CC[C@H](C)NC(=O)NC(=O)CN1C(=O)N[C@]2(CCCc3sccc32)C1=O. The Morgan fingerprint density at radius 2 is 2.19 bits per heavy atom. The first-order valence-corrected chi connectivity index (χ1v) is 9.56. The number of carbonyl (C=O) groups excluding carboxylic acids is 4. The minimum Gasteiger partial charge on any atom is -0.335 e. The monoisotopic (exact) mass is 378 g/mol. The van der Waals surface area contributed by atoms with Crippen LogP contribution in [0.4, 0.5) is 9.59 Å². The van der Waals surface area contributed by atoms with Crippen LogP contribution in [0.3, 0.4) is 0 Å². The van der Waals surface area contributed by atoms with Crippen LogP contribution in [0.25, 0.3) is 0 Å². The second kappa shape index (κ2) is 7.06. The zero-order valence-corrected chi connectivity index (χ0v) is 15.6. The van der Waals surface area contributed by atoms with E-state index in [9.17, 15) is 19.2 Å². The van der Waals surface area contributed by atoms with Gasteiger partial charge in [-0.15, -0.1) is 11.3 Å². The van der Waals surface area contributed by atoms with Crippen molar-refractivity contribution in [2.75, 3.05) is 6.54 Å². The lowest BCUT2D eigenvalue weighted by Crippen LogP contribution is -2.49. The molecule has 2 atom stereocenters. The molecule has 1 spiro atoms. The number of amides is 6. The number of imide groups is 2. The fourth-order valence-electron chi connectivity index (χ4n) is 3.36. The van der Waals surface area contributed by atoms with E-state index < -0.39 is 36.0 Å².